The van der Waals surface area contributed by atoms with Gasteiger partial charge in [0, 0.05) is 16.7 Å². The summed E-state index contributed by atoms with van der Waals surface area (Å²) in [7, 11) is 0. The molecule has 0 fully saturated rings. The summed E-state index contributed by atoms with van der Waals surface area (Å²) in [4.78, 5) is 34.7. The standard InChI is InChI=1S/C13H10O4.C10H8N2O2/c14-10-7-6-9(12(16)13(10)17)11(15)8-4-2-1-3-5-8;11-7-5-3-1-2-4-6(5)9(13)10(14)8(7)12/h1-7,14,16-17H;1-4H,11-12H2. The van der Waals surface area contributed by atoms with E-state index < -0.39 is 34.6 Å². The number of phenols is 3. The van der Waals surface area contributed by atoms with Crippen molar-refractivity contribution in [3.05, 3.63) is 94.7 Å². The number of fused-ring (bicyclic) bond motifs is 1. The number of aromatic hydroxyl groups is 3. The molecule has 3 aromatic carbocycles. The summed E-state index contributed by atoms with van der Waals surface area (Å²) in [5.74, 6) is -3.50. The van der Waals surface area contributed by atoms with Crippen molar-refractivity contribution >= 4 is 23.0 Å². The lowest BCUT2D eigenvalue weighted by atomic mass is 9.91. The van der Waals surface area contributed by atoms with Gasteiger partial charge in [0.2, 0.25) is 11.5 Å². The Hall–Kier alpha value is -4.59. The van der Waals surface area contributed by atoms with Crippen LogP contribution in [0.5, 0.6) is 17.2 Å². The maximum Gasteiger partial charge on any atom is 0.251 e. The SMILES string of the molecule is NC1=C(N)c2ccccc2C(=O)C1=O.O=C(c1ccccc1)c1ccc(O)c(O)c1O. The van der Waals surface area contributed by atoms with Crippen molar-refractivity contribution in [1.82, 2.24) is 0 Å². The van der Waals surface area contributed by atoms with Gasteiger partial charge in [-0.25, -0.2) is 0 Å². The fraction of sp³-hybridized carbons (Fsp3) is 0. The molecule has 0 unspecified atom stereocenters. The molecule has 0 amide bonds. The van der Waals surface area contributed by atoms with Crippen LogP contribution in [0.15, 0.2) is 72.4 Å². The first-order chi connectivity index (χ1) is 14.7. The molecular weight excluding hydrogens is 400 g/mol. The zero-order valence-electron chi connectivity index (χ0n) is 16.1. The van der Waals surface area contributed by atoms with Gasteiger partial charge in [0.05, 0.1) is 11.3 Å². The zero-order chi connectivity index (χ0) is 22.7. The van der Waals surface area contributed by atoms with Crippen LogP contribution in [0.2, 0.25) is 0 Å². The predicted octanol–water partition coefficient (Wildman–Crippen LogP) is 2.07. The minimum Gasteiger partial charge on any atom is -0.504 e. The summed E-state index contributed by atoms with van der Waals surface area (Å²) in [6.07, 6.45) is 0. The Morgan fingerprint density at radius 2 is 1.23 bits per heavy atom. The van der Waals surface area contributed by atoms with E-state index in [4.69, 9.17) is 16.6 Å². The number of hydrogen-bond acceptors (Lipinski definition) is 8. The van der Waals surface area contributed by atoms with Crippen LogP contribution in [-0.2, 0) is 4.79 Å². The zero-order valence-corrected chi connectivity index (χ0v) is 16.1. The molecule has 8 nitrogen and oxygen atoms in total. The Morgan fingerprint density at radius 1 is 0.645 bits per heavy atom. The van der Waals surface area contributed by atoms with Crippen LogP contribution >= 0.6 is 0 Å². The van der Waals surface area contributed by atoms with Crippen molar-refractivity contribution in [2.45, 2.75) is 0 Å². The van der Waals surface area contributed by atoms with Gasteiger partial charge in [-0.05, 0) is 12.1 Å². The lowest BCUT2D eigenvalue weighted by Crippen LogP contribution is -2.30. The van der Waals surface area contributed by atoms with Gasteiger partial charge in [0.1, 0.15) is 5.70 Å². The fourth-order valence-electron chi connectivity index (χ4n) is 2.93. The van der Waals surface area contributed by atoms with E-state index in [0.29, 0.717) is 16.7 Å². The van der Waals surface area contributed by atoms with Gasteiger partial charge in [-0.3, -0.25) is 14.4 Å². The first-order valence-electron chi connectivity index (χ1n) is 9.01. The van der Waals surface area contributed by atoms with Gasteiger partial charge in [-0.1, -0.05) is 54.6 Å². The Labute approximate surface area is 176 Å². The summed E-state index contributed by atoms with van der Waals surface area (Å²) in [5, 5.41) is 28.1. The number of carbonyl (C=O) groups is 3. The van der Waals surface area contributed by atoms with Crippen LogP contribution in [0.4, 0.5) is 0 Å². The van der Waals surface area contributed by atoms with Gasteiger partial charge in [-0.2, -0.15) is 0 Å². The van der Waals surface area contributed by atoms with E-state index in [-0.39, 0.29) is 17.0 Å². The summed E-state index contributed by atoms with van der Waals surface area (Å²) in [5.41, 5.74) is 12.3. The highest BCUT2D eigenvalue weighted by Gasteiger charge is 2.29. The second-order valence-electron chi connectivity index (χ2n) is 6.56. The monoisotopic (exact) mass is 418 g/mol. The number of allylic oxidation sites excluding steroid dienone is 1. The highest BCUT2D eigenvalue weighted by molar-refractivity contribution is 6.52. The van der Waals surface area contributed by atoms with E-state index in [1.54, 1.807) is 54.6 Å². The van der Waals surface area contributed by atoms with Crippen molar-refractivity contribution < 1.29 is 29.7 Å². The molecule has 3 aromatic rings. The molecule has 8 heteroatoms. The maximum atomic E-state index is 12.0. The molecule has 0 radical (unpaired) electrons. The third kappa shape index (κ3) is 3.95. The first kappa shape index (κ1) is 21.1. The minimum atomic E-state index is -0.721. The molecule has 0 aromatic heterocycles. The molecule has 0 saturated carbocycles. The second-order valence-corrected chi connectivity index (χ2v) is 6.56. The summed E-state index contributed by atoms with van der Waals surface area (Å²) >= 11 is 0. The Kier molecular flexibility index (Phi) is 5.74. The van der Waals surface area contributed by atoms with Gasteiger partial charge < -0.3 is 26.8 Å². The molecule has 0 atom stereocenters. The molecule has 7 N–H and O–H groups in total. The lowest BCUT2D eigenvalue weighted by Gasteiger charge is -2.15. The van der Waals surface area contributed by atoms with Crippen LogP contribution in [0.3, 0.4) is 0 Å². The number of rotatable bonds is 2. The van der Waals surface area contributed by atoms with Crippen molar-refractivity contribution in [2.24, 2.45) is 11.5 Å². The number of carbonyl (C=O) groups excluding carboxylic acids is 3. The molecule has 0 heterocycles. The molecule has 0 bridgehead atoms. The smallest absolute Gasteiger partial charge is 0.251 e. The van der Waals surface area contributed by atoms with Crippen molar-refractivity contribution in [3.8, 4) is 17.2 Å². The average molecular weight is 418 g/mol. The lowest BCUT2D eigenvalue weighted by molar-refractivity contribution is -0.111. The topological polar surface area (TPSA) is 164 Å². The predicted molar refractivity (Wildman–Crippen MR) is 112 cm³/mol. The molecule has 156 valence electrons. The molecule has 0 aliphatic heterocycles. The third-order valence-corrected chi connectivity index (χ3v) is 4.61. The molecule has 4 rings (SSSR count). The summed E-state index contributed by atoms with van der Waals surface area (Å²) in [6.45, 7) is 0. The van der Waals surface area contributed by atoms with Crippen molar-refractivity contribution in [1.29, 1.82) is 0 Å². The van der Waals surface area contributed by atoms with E-state index in [1.807, 2.05) is 0 Å². The van der Waals surface area contributed by atoms with Gasteiger partial charge in [0.15, 0.2) is 17.3 Å². The Morgan fingerprint density at radius 3 is 1.87 bits per heavy atom. The largest absolute Gasteiger partial charge is 0.504 e. The van der Waals surface area contributed by atoms with Gasteiger partial charge in [0.25, 0.3) is 5.78 Å². The highest BCUT2D eigenvalue weighted by atomic mass is 16.3. The van der Waals surface area contributed by atoms with E-state index in [1.165, 1.54) is 6.07 Å². The fourth-order valence-corrected chi connectivity index (χ4v) is 2.93. The van der Waals surface area contributed by atoms with Gasteiger partial charge in [-0.15, -0.1) is 0 Å². The van der Waals surface area contributed by atoms with E-state index in [2.05, 4.69) is 0 Å². The molecule has 0 spiro atoms. The molecule has 31 heavy (non-hydrogen) atoms. The molecule has 1 aliphatic rings. The van der Waals surface area contributed by atoms with E-state index in [9.17, 15) is 24.6 Å². The summed E-state index contributed by atoms with van der Waals surface area (Å²) in [6, 6.07) is 17.4. The van der Waals surface area contributed by atoms with Crippen LogP contribution < -0.4 is 11.5 Å². The normalized spacial score (nSPS) is 12.6. The number of hydrogen-bond donors (Lipinski definition) is 5. The maximum absolute atomic E-state index is 12.0. The van der Waals surface area contributed by atoms with Crippen molar-refractivity contribution in [3.63, 3.8) is 0 Å². The number of benzene rings is 3. The van der Waals surface area contributed by atoms with Crippen LogP contribution in [0, 0.1) is 0 Å². The number of ketones is 3. The average Bonchev–Trinajstić information content (AvgIpc) is 2.80. The van der Waals surface area contributed by atoms with Crippen LogP contribution in [0.25, 0.3) is 5.70 Å². The molecular formula is C23H18N2O6. The number of nitrogens with two attached hydrogens (primary N) is 2. The quantitative estimate of drug-likeness (QED) is 0.240. The van der Waals surface area contributed by atoms with E-state index in [0.717, 1.165) is 6.07 Å². The van der Waals surface area contributed by atoms with Crippen LogP contribution in [-0.4, -0.2) is 32.7 Å². The minimum absolute atomic E-state index is 0.0495. The van der Waals surface area contributed by atoms with Crippen LogP contribution in [0.1, 0.15) is 31.8 Å². The second kappa shape index (κ2) is 8.42. The van der Waals surface area contributed by atoms with Gasteiger partial charge >= 0.3 is 0 Å². The Balaban J connectivity index is 0.000000179. The third-order valence-electron chi connectivity index (χ3n) is 4.61. The Bertz CT molecular complexity index is 1230. The van der Waals surface area contributed by atoms with Crippen molar-refractivity contribution in [2.75, 3.05) is 0 Å². The highest BCUT2D eigenvalue weighted by Crippen LogP contribution is 2.37. The number of Topliss-reactive ketones (excluding diaryl/α,β-unsaturated/α-hetero) is 2. The molecule has 1 aliphatic carbocycles. The van der Waals surface area contributed by atoms with E-state index >= 15 is 0 Å². The molecule has 0 saturated heterocycles. The number of phenolic OH excluding ortho intramolecular Hbond substituents is 3. The summed E-state index contributed by atoms with van der Waals surface area (Å²) < 4.78 is 0. The first-order valence-corrected chi connectivity index (χ1v) is 9.01.